The molecule has 3 rings (SSSR count). The summed E-state index contributed by atoms with van der Waals surface area (Å²) in [6.07, 6.45) is 2.39. The van der Waals surface area contributed by atoms with Crippen LogP contribution in [0.25, 0.3) is 11.1 Å². The number of nitrogens with one attached hydrogen (secondary N) is 2. The van der Waals surface area contributed by atoms with Gasteiger partial charge in [0, 0.05) is 44.3 Å². The van der Waals surface area contributed by atoms with Gasteiger partial charge in [-0.05, 0) is 42.3 Å². The molecule has 9 nitrogen and oxygen atoms in total. The summed E-state index contributed by atoms with van der Waals surface area (Å²) in [7, 11) is 0. The average Bonchev–Trinajstić information content (AvgIpc) is 2.77. The summed E-state index contributed by atoms with van der Waals surface area (Å²) >= 11 is 0. The molecule has 3 amide bonds. The van der Waals surface area contributed by atoms with Gasteiger partial charge in [-0.25, -0.2) is 10.3 Å². The molecule has 4 N–H and O–H groups in total. The lowest BCUT2D eigenvalue weighted by molar-refractivity contribution is -0.133. The van der Waals surface area contributed by atoms with Crippen molar-refractivity contribution in [3.63, 3.8) is 0 Å². The number of hydrogen-bond donors (Lipinski definition) is 4. The second kappa shape index (κ2) is 9.35. The van der Waals surface area contributed by atoms with Crippen molar-refractivity contribution in [3.05, 3.63) is 48.8 Å². The lowest BCUT2D eigenvalue weighted by Gasteiger charge is -2.36. The molecule has 1 saturated heterocycles. The molecular weight excluding hydrogens is 374 g/mol. The van der Waals surface area contributed by atoms with Gasteiger partial charge in [-0.15, -0.1) is 0 Å². The van der Waals surface area contributed by atoms with Crippen LogP contribution in [0.4, 0.5) is 10.5 Å². The van der Waals surface area contributed by atoms with E-state index in [1.54, 1.807) is 17.3 Å². The number of carbonyl (C=O) groups excluding carboxylic acids is 2. The van der Waals surface area contributed by atoms with Gasteiger partial charge in [-0.1, -0.05) is 12.1 Å². The van der Waals surface area contributed by atoms with Gasteiger partial charge in [0.2, 0.25) is 0 Å². The van der Waals surface area contributed by atoms with Crippen molar-refractivity contribution < 1.29 is 19.9 Å². The molecule has 2 atom stereocenters. The Hall–Kier alpha value is -3.17. The molecule has 1 aromatic carbocycles. The zero-order valence-electron chi connectivity index (χ0n) is 16.2. The second-order valence-electron chi connectivity index (χ2n) is 6.90. The Morgan fingerprint density at radius 2 is 1.59 bits per heavy atom. The maximum absolute atomic E-state index is 12.4. The first-order valence-electron chi connectivity index (χ1n) is 9.42. The maximum atomic E-state index is 12.4. The SMILES string of the molecule is C[C@H](O)[C@@H](NC(=O)N1CCN(c2ccc(-c3ccncc3)cc2)CC1)C(=O)NO. The summed E-state index contributed by atoms with van der Waals surface area (Å²) in [6.45, 7) is 3.62. The van der Waals surface area contributed by atoms with Crippen molar-refractivity contribution >= 4 is 17.6 Å². The molecule has 2 heterocycles. The molecule has 0 aliphatic carbocycles. The number of pyridine rings is 1. The van der Waals surface area contributed by atoms with Crippen LogP contribution in [0, 0.1) is 0 Å². The number of hydroxylamine groups is 1. The zero-order chi connectivity index (χ0) is 20.8. The van der Waals surface area contributed by atoms with Crippen molar-refractivity contribution in [1.82, 2.24) is 20.7 Å². The summed E-state index contributed by atoms with van der Waals surface area (Å²) in [5.41, 5.74) is 4.75. The highest BCUT2D eigenvalue weighted by Crippen LogP contribution is 2.23. The van der Waals surface area contributed by atoms with Crippen LogP contribution < -0.4 is 15.7 Å². The Balaban J connectivity index is 1.56. The van der Waals surface area contributed by atoms with E-state index in [1.807, 2.05) is 12.1 Å². The lowest BCUT2D eigenvalue weighted by atomic mass is 10.1. The first-order chi connectivity index (χ1) is 14.0. The number of hydrogen-bond acceptors (Lipinski definition) is 6. The number of aromatic nitrogens is 1. The van der Waals surface area contributed by atoms with Gasteiger partial charge in [0.25, 0.3) is 5.91 Å². The third kappa shape index (κ3) is 5.01. The molecule has 154 valence electrons. The van der Waals surface area contributed by atoms with E-state index < -0.39 is 24.1 Å². The Labute approximate surface area is 168 Å². The summed E-state index contributed by atoms with van der Waals surface area (Å²) in [4.78, 5) is 31.8. The van der Waals surface area contributed by atoms with Gasteiger partial charge in [-0.3, -0.25) is 15.0 Å². The molecule has 1 fully saturated rings. The van der Waals surface area contributed by atoms with Crippen molar-refractivity contribution in [2.75, 3.05) is 31.1 Å². The fourth-order valence-corrected chi connectivity index (χ4v) is 3.28. The number of aliphatic hydroxyl groups is 1. The van der Waals surface area contributed by atoms with Crippen molar-refractivity contribution in [2.45, 2.75) is 19.1 Å². The topological polar surface area (TPSA) is 118 Å². The zero-order valence-corrected chi connectivity index (χ0v) is 16.2. The number of nitrogens with zero attached hydrogens (tertiary/aromatic N) is 3. The Bertz CT molecular complexity index is 821. The van der Waals surface area contributed by atoms with E-state index in [0.717, 1.165) is 16.8 Å². The second-order valence-corrected chi connectivity index (χ2v) is 6.90. The number of aliphatic hydroxyl groups excluding tert-OH is 1. The maximum Gasteiger partial charge on any atom is 0.318 e. The summed E-state index contributed by atoms with van der Waals surface area (Å²) in [5, 5.41) is 20.8. The van der Waals surface area contributed by atoms with Gasteiger partial charge < -0.3 is 20.2 Å². The molecule has 0 spiro atoms. The molecule has 0 radical (unpaired) electrons. The van der Waals surface area contributed by atoms with Crippen LogP contribution in [0.15, 0.2) is 48.8 Å². The standard InChI is InChI=1S/C20H25N5O4/c1-14(26)18(19(27)23-29)22-20(28)25-12-10-24(11-13-25)17-4-2-15(3-5-17)16-6-8-21-9-7-16/h2-9,14,18,26,29H,10-13H2,1H3,(H,22,28)(H,23,27)/t14-,18+/m0/s1. The van der Waals surface area contributed by atoms with Crippen molar-refractivity contribution in [2.24, 2.45) is 0 Å². The molecule has 2 aromatic rings. The van der Waals surface area contributed by atoms with Crippen LogP contribution in [0.3, 0.4) is 0 Å². The van der Waals surface area contributed by atoms with Crippen molar-refractivity contribution in [1.29, 1.82) is 0 Å². The molecule has 0 unspecified atom stereocenters. The monoisotopic (exact) mass is 399 g/mol. The van der Waals surface area contributed by atoms with E-state index >= 15 is 0 Å². The minimum atomic E-state index is -1.22. The molecule has 1 aromatic heterocycles. The van der Waals surface area contributed by atoms with Crippen LogP contribution in [-0.2, 0) is 4.79 Å². The van der Waals surface area contributed by atoms with Crippen LogP contribution in [-0.4, -0.2) is 70.5 Å². The van der Waals surface area contributed by atoms with E-state index in [4.69, 9.17) is 5.21 Å². The third-order valence-corrected chi connectivity index (χ3v) is 4.97. The van der Waals surface area contributed by atoms with E-state index in [-0.39, 0.29) is 0 Å². The molecule has 9 heteroatoms. The van der Waals surface area contributed by atoms with E-state index in [9.17, 15) is 14.7 Å². The number of benzene rings is 1. The van der Waals surface area contributed by atoms with Crippen LogP contribution in [0.2, 0.25) is 0 Å². The summed E-state index contributed by atoms with van der Waals surface area (Å²) in [6, 6.07) is 10.5. The number of urea groups is 1. The number of amides is 3. The smallest absolute Gasteiger partial charge is 0.318 e. The van der Waals surface area contributed by atoms with E-state index in [2.05, 4.69) is 39.5 Å². The predicted molar refractivity (Wildman–Crippen MR) is 107 cm³/mol. The highest BCUT2D eigenvalue weighted by atomic mass is 16.5. The first-order valence-corrected chi connectivity index (χ1v) is 9.42. The van der Waals surface area contributed by atoms with Crippen LogP contribution in [0.5, 0.6) is 0 Å². The van der Waals surface area contributed by atoms with Crippen molar-refractivity contribution in [3.8, 4) is 11.1 Å². The highest BCUT2D eigenvalue weighted by molar-refractivity contribution is 5.87. The summed E-state index contributed by atoms with van der Waals surface area (Å²) < 4.78 is 0. The molecule has 1 aliphatic heterocycles. The average molecular weight is 399 g/mol. The largest absolute Gasteiger partial charge is 0.391 e. The third-order valence-electron chi connectivity index (χ3n) is 4.97. The normalized spacial score (nSPS) is 16.1. The van der Waals surface area contributed by atoms with Crippen LogP contribution in [0.1, 0.15) is 6.92 Å². The van der Waals surface area contributed by atoms with Crippen LogP contribution >= 0.6 is 0 Å². The number of carbonyl (C=O) groups is 2. The van der Waals surface area contributed by atoms with Gasteiger partial charge in [0.15, 0.2) is 0 Å². The molecular formula is C20H25N5O4. The van der Waals surface area contributed by atoms with Gasteiger partial charge in [0.1, 0.15) is 6.04 Å². The Kier molecular flexibility index (Phi) is 6.63. The molecule has 1 aliphatic rings. The summed E-state index contributed by atoms with van der Waals surface area (Å²) in [5.74, 6) is -0.860. The molecule has 0 bridgehead atoms. The lowest BCUT2D eigenvalue weighted by Crippen LogP contribution is -2.58. The minimum Gasteiger partial charge on any atom is -0.391 e. The fourth-order valence-electron chi connectivity index (χ4n) is 3.28. The fraction of sp³-hybridized carbons (Fsp3) is 0.350. The van der Waals surface area contributed by atoms with Gasteiger partial charge >= 0.3 is 6.03 Å². The van der Waals surface area contributed by atoms with E-state index in [0.29, 0.717) is 26.2 Å². The van der Waals surface area contributed by atoms with E-state index in [1.165, 1.54) is 12.4 Å². The van der Waals surface area contributed by atoms with Gasteiger partial charge in [0.05, 0.1) is 6.10 Å². The number of anilines is 1. The number of piperazine rings is 1. The predicted octanol–water partition coefficient (Wildman–Crippen LogP) is 0.835. The minimum absolute atomic E-state index is 0.452. The first kappa shape index (κ1) is 20.6. The Morgan fingerprint density at radius 3 is 2.14 bits per heavy atom. The molecule has 29 heavy (non-hydrogen) atoms. The number of rotatable bonds is 5. The quantitative estimate of drug-likeness (QED) is 0.437. The Morgan fingerprint density at radius 1 is 1.00 bits per heavy atom. The molecule has 0 saturated carbocycles. The van der Waals surface area contributed by atoms with Gasteiger partial charge in [-0.2, -0.15) is 0 Å². The highest BCUT2D eigenvalue weighted by Gasteiger charge is 2.29.